The molecule has 1 amide bonds. The Labute approximate surface area is 161 Å². The molecule has 1 aliphatic heterocycles. The van der Waals surface area contributed by atoms with E-state index in [4.69, 9.17) is 10.5 Å². The molecule has 1 heterocycles. The van der Waals surface area contributed by atoms with Gasteiger partial charge in [-0.1, -0.05) is 0 Å². The van der Waals surface area contributed by atoms with Crippen LogP contribution in [-0.2, 0) is 14.8 Å². The van der Waals surface area contributed by atoms with Crippen molar-refractivity contribution in [2.24, 2.45) is 11.7 Å². The second kappa shape index (κ2) is 10.1. The van der Waals surface area contributed by atoms with Crippen LogP contribution in [0.4, 0.5) is 0 Å². The zero-order chi connectivity index (χ0) is 18.4. The molecule has 3 N–H and O–H groups in total. The maximum absolute atomic E-state index is 12.7. The SMILES string of the molecule is CCOc1ccc(S(=O)(=O)N2CCC(C(=O)N[C@@H](C)CN)CC2)cc1.Cl. The minimum Gasteiger partial charge on any atom is -0.494 e. The van der Waals surface area contributed by atoms with Gasteiger partial charge < -0.3 is 15.8 Å². The second-order valence-corrected chi connectivity index (χ2v) is 8.17. The number of hydrogen-bond donors (Lipinski definition) is 2. The predicted octanol–water partition coefficient (Wildman–Crippen LogP) is 1.37. The lowest BCUT2D eigenvalue weighted by molar-refractivity contribution is -0.126. The van der Waals surface area contributed by atoms with Crippen LogP contribution in [0.5, 0.6) is 5.75 Å². The monoisotopic (exact) mass is 405 g/mol. The van der Waals surface area contributed by atoms with Crippen molar-refractivity contribution in [1.29, 1.82) is 0 Å². The zero-order valence-corrected chi connectivity index (χ0v) is 16.8. The van der Waals surface area contributed by atoms with E-state index in [9.17, 15) is 13.2 Å². The number of ether oxygens (including phenoxy) is 1. The van der Waals surface area contributed by atoms with Crippen LogP contribution in [0.15, 0.2) is 29.2 Å². The molecule has 7 nitrogen and oxygen atoms in total. The second-order valence-electron chi connectivity index (χ2n) is 6.23. The van der Waals surface area contributed by atoms with Crippen LogP contribution in [0, 0.1) is 5.92 Å². The topological polar surface area (TPSA) is 102 Å². The number of rotatable bonds is 7. The average molecular weight is 406 g/mol. The zero-order valence-electron chi connectivity index (χ0n) is 15.2. The number of amides is 1. The summed E-state index contributed by atoms with van der Waals surface area (Å²) >= 11 is 0. The highest BCUT2D eigenvalue weighted by atomic mass is 35.5. The molecule has 1 fully saturated rings. The molecule has 2 rings (SSSR count). The van der Waals surface area contributed by atoms with Crippen molar-refractivity contribution in [3.8, 4) is 5.75 Å². The summed E-state index contributed by atoms with van der Waals surface area (Å²) in [7, 11) is -3.54. The third-order valence-corrected chi connectivity index (χ3v) is 6.25. The molecule has 9 heteroatoms. The van der Waals surface area contributed by atoms with Crippen molar-refractivity contribution in [3.63, 3.8) is 0 Å². The minimum absolute atomic E-state index is 0. The molecule has 1 saturated heterocycles. The molecule has 0 radical (unpaired) electrons. The lowest BCUT2D eigenvalue weighted by atomic mass is 9.97. The van der Waals surface area contributed by atoms with Crippen molar-refractivity contribution in [2.45, 2.75) is 37.6 Å². The number of benzene rings is 1. The first-order valence-electron chi connectivity index (χ1n) is 8.62. The van der Waals surface area contributed by atoms with E-state index in [1.165, 1.54) is 4.31 Å². The van der Waals surface area contributed by atoms with E-state index < -0.39 is 10.0 Å². The number of piperidine rings is 1. The van der Waals surface area contributed by atoms with Crippen LogP contribution >= 0.6 is 12.4 Å². The molecule has 0 bridgehead atoms. The van der Waals surface area contributed by atoms with Crippen molar-refractivity contribution in [2.75, 3.05) is 26.2 Å². The van der Waals surface area contributed by atoms with E-state index >= 15 is 0 Å². The van der Waals surface area contributed by atoms with Crippen LogP contribution in [-0.4, -0.2) is 50.9 Å². The third kappa shape index (κ3) is 5.57. The van der Waals surface area contributed by atoms with Crippen molar-refractivity contribution in [3.05, 3.63) is 24.3 Å². The Morgan fingerprint density at radius 3 is 2.38 bits per heavy atom. The fourth-order valence-corrected chi connectivity index (χ4v) is 4.27. The Morgan fingerprint density at radius 1 is 1.31 bits per heavy atom. The van der Waals surface area contributed by atoms with Gasteiger partial charge in [-0.05, 0) is 51.0 Å². The smallest absolute Gasteiger partial charge is 0.243 e. The van der Waals surface area contributed by atoms with Gasteiger partial charge in [0, 0.05) is 31.6 Å². The molecule has 1 atom stereocenters. The molecule has 1 aliphatic rings. The van der Waals surface area contributed by atoms with Gasteiger partial charge in [-0.2, -0.15) is 4.31 Å². The molecule has 26 heavy (non-hydrogen) atoms. The van der Waals surface area contributed by atoms with E-state index in [0.29, 0.717) is 44.8 Å². The molecule has 148 valence electrons. The Kier molecular flexibility index (Phi) is 8.82. The molecule has 1 aromatic carbocycles. The average Bonchev–Trinajstić information content (AvgIpc) is 2.62. The first kappa shape index (κ1) is 22.7. The summed E-state index contributed by atoms with van der Waals surface area (Å²) in [4.78, 5) is 12.4. The van der Waals surface area contributed by atoms with Gasteiger partial charge >= 0.3 is 0 Å². The number of sulfonamides is 1. The number of halogens is 1. The number of nitrogens with one attached hydrogen (secondary N) is 1. The van der Waals surface area contributed by atoms with Crippen LogP contribution < -0.4 is 15.8 Å². The van der Waals surface area contributed by atoms with E-state index in [-0.39, 0.29) is 35.2 Å². The van der Waals surface area contributed by atoms with Crippen molar-refractivity contribution < 1.29 is 17.9 Å². The Bertz CT molecular complexity index is 674. The number of nitrogens with zero attached hydrogens (tertiary/aromatic N) is 1. The lowest BCUT2D eigenvalue weighted by Gasteiger charge is -2.31. The maximum atomic E-state index is 12.7. The normalized spacial score (nSPS) is 17.2. The molecule has 1 aromatic rings. The van der Waals surface area contributed by atoms with Crippen molar-refractivity contribution in [1.82, 2.24) is 9.62 Å². The lowest BCUT2D eigenvalue weighted by Crippen LogP contribution is -2.46. The van der Waals surface area contributed by atoms with Crippen molar-refractivity contribution >= 4 is 28.3 Å². The van der Waals surface area contributed by atoms with Gasteiger partial charge in [0.15, 0.2) is 0 Å². The number of hydrogen-bond acceptors (Lipinski definition) is 5. The van der Waals surface area contributed by atoms with Gasteiger partial charge in [0.1, 0.15) is 5.75 Å². The molecule has 0 unspecified atom stereocenters. The van der Waals surface area contributed by atoms with Crippen LogP contribution in [0.3, 0.4) is 0 Å². The fourth-order valence-electron chi connectivity index (χ4n) is 2.80. The molecular formula is C17H28ClN3O4S. The van der Waals surface area contributed by atoms with Crippen LogP contribution in [0.1, 0.15) is 26.7 Å². The summed E-state index contributed by atoms with van der Waals surface area (Å²) in [5.41, 5.74) is 5.51. The molecule has 0 aliphatic carbocycles. The minimum atomic E-state index is -3.54. The van der Waals surface area contributed by atoms with Gasteiger partial charge in [0.2, 0.25) is 15.9 Å². The molecular weight excluding hydrogens is 378 g/mol. The van der Waals surface area contributed by atoms with Crippen LogP contribution in [0.2, 0.25) is 0 Å². The van der Waals surface area contributed by atoms with Gasteiger partial charge in [0.05, 0.1) is 11.5 Å². The first-order chi connectivity index (χ1) is 11.9. The van der Waals surface area contributed by atoms with E-state index in [1.807, 2.05) is 13.8 Å². The third-order valence-electron chi connectivity index (χ3n) is 4.34. The molecule has 0 spiro atoms. The summed E-state index contributed by atoms with van der Waals surface area (Å²) in [5, 5.41) is 2.86. The standard InChI is InChI=1S/C17H27N3O4S.ClH/c1-3-24-15-4-6-16(7-5-15)25(22,23)20-10-8-14(9-11-20)17(21)19-13(2)12-18;/h4-7,13-14H,3,8-12,18H2,1-2H3,(H,19,21);1H/t13-;/m0./s1. The Hall–Kier alpha value is -1.35. The summed E-state index contributed by atoms with van der Waals surface area (Å²) in [6, 6.07) is 6.36. The largest absolute Gasteiger partial charge is 0.494 e. The summed E-state index contributed by atoms with van der Waals surface area (Å²) in [6.07, 6.45) is 1.03. The van der Waals surface area contributed by atoms with Gasteiger partial charge in [-0.25, -0.2) is 8.42 Å². The highest BCUT2D eigenvalue weighted by Crippen LogP contribution is 2.25. The quantitative estimate of drug-likeness (QED) is 0.713. The molecule has 0 saturated carbocycles. The van der Waals surface area contributed by atoms with Crippen LogP contribution in [0.25, 0.3) is 0 Å². The number of carbonyl (C=O) groups excluding carboxylic acids is 1. The highest BCUT2D eigenvalue weighted by molar-refractivity contribution is 7.89. The highest BCUT2D eigenvalue weighted by Gasteiger charge is 2.32. The Balaban J connectivity index is 0.00000338. The number of nitrogens with two attached hydrogens (primary N) is 1. The first-order valence-corrected chi connectivity index (χ1v) is 10.1. The van der Waals surface area contributed by atoms with Gasteiger partial charge in [0.25, 0.3) is 0 Å². The summed E-state index contributed by atoms with van der Waals surface area (Å²) in [5.74, 6) is 0.433. The van der Waals surface area contributed by atoms with E-state index in [1.54, 1.807) is 24.3 Å². The Morgan fingerprint density at radius 2 is 1.88 bits per heavy atom. The van der Waals surface area contributed by atoms with E-state index in [2.05, 4.69) is 5.32 Å². The number of carbonyl (C=O) groups is 1. The summed E-state index contributed by atoms with van der Waals surface area (Å²) < 4.78 is 32.2. The van der Waals surface area contributed by atoms with Gasteiger partial charge in [-0.3, -0.25) is 4.79 Å². The summed E-state index contributed by atoms with van der Waals surface area (Å²) in [6.45, 7) is 5.32. The predicted molar refractivity (Wildman–Crippen MR) is 103 cm³/mol. The van der Waals surface area contributed by atoms with E-state index in [0.717, 1.165) is 0 Å². The maximum Gasteiger partial charge on any atom is 0.243 e. The fraction of sp³-hybridized carbons (Fsp3) is 0.588. The van der Waals surface area contributed by atoms with Gasteiger partial charge in [-0.15, -0.1) is 12.4 Å². The molecule has 0 aromatic heterocycles.